The quantitative estimate of drug-likeness (QED) is 0.807. The molecule has 1 aromatic heterocycles. The minimum atomic E-state index is 0.724. The number of nitriles is 1. The van der Waals surface area contributed by atoms with E-state index in [2.05, 4.69) is 22.9 Å². The third-order valence-electron chi connectivity index (χ3n) is 3.05. The highest BCUT2D eigenvalue weighted by Gasteiger charge is 2.16. The summed E-state index contributed by atoms with van der Waals surface area (Å²) < 4.78 is 0. The molecular weight excluding hydrogens is 218 g/mol. The van der Waals surface area contributed by atoms with Crippen LogP contribution in [0.25, 0.3) is 0 Å². The number of likely N-dealkylation sites (tertiary alicyclic amines) is 1. The lowest BCUT2D eigenvalue weighted by Gasteiger charge is -2.30. The van der Waals surface area contributed by atoms with Crippen LogP contribution in [0.5, 0.6) is 0 Å². The Morgan fingerprint density at radius 3 is 3.25 bits per heavy atom. The van der Waals surface area contributed by atoms with Crippen LogP contribution in [0.15, 0.2) is 6.20 Å². The Morgan fingerprint density at radius 2 is 2.56 bits per heavy atom. The first-order valence-electron chi connectivity index (χ1n) is 5.85. The van der Waals surface area contributed by atoms with Gasteiger partial charge in [-0.05, 0) is 25.3 Å². The van der Waals surface area contributed by atoms with E-state index in [0.717, 1.165) is 28.8 Å². The van der Waals surface area contributed by atoms with Gasteiger partial charge in [0.25, 0.3) is 0 Å². The normalized spacial score (nSPS) is 21.9. The number of aromatic nitrogens is 1. The minimum Gasteiger partial charge on any atom is -0.303 e. The Hall–Kier alpha value is -0.920. The molecule has 1 saturated heterocycles. The molecule has 0 saturated carbocycles. The fourth-order valence-electron chi connectivity index (χ4n) is 2.22. The average molecular weight is 235 g/mol. The van der Waals surface area contributed by atoms with Gasteiger partial charge in [-0.25, -0.2) is 4.98 Å². The first kappa shape index (κ1) is 11.6. The topological polar surface area (TPSA) is 39.9 Å². The number of piperidine rings is 1. The van der Waals surface area contributed by atoms with E-state index in [1.807, 2.05) is 0 Å². The maximum absolute atomic E-state index is 8.71. The van der Waals surface area contributed by atoms with Crippen molar-refractivity contribution in [2.45, 2.75) is 26.2 Å². The highest BCUT2D eigenvalue weighted by atomic mass is 32.1. The fraction of sp³-hybridized carbons (Fsp3) is 0.667. The summed E-state index contributed by atoms with van der Waals surface area (Å²) >= 11 is 1.52. The summed E-state index contributed by atoms with van der Waals surface area (Å²) in [5.74, 6) is 0.833. The zero-order chi connectivity index (χ0) is 11.4. The zero-order valence-corrected chi connectivity index (χ0v) is 10.5. The predicted octanol–water partition coefficient (Wildman–Crippen LogP) is 2.29. The van der Waals surface area contributed by atoms with Gasteiger partial charge in [-0.1, -0.05) is 6.92 Å². The molecule has 1 atom stereocenters. The van der Waals surface area contributed by atoms with Gasteiger partial charge in [-0.3, -0.25) is 0 Å². The number of hydrogen-bond acceptors (Lipinski definition) is 4. The van der Waals surface area contributed by atoms with E-state index in [1.54, 1.807) is 6.20 Å². The van der Waals surface area contributed by atoms with Crippen LogP contribution in [0.4, 0.5) is 0 Å². The summed E-state index contributed by atoms with van der Waals surface area (Å²) in [5.41, 5.74) is 0. The number of hydrogen-bond donors (Lipinski definition) is 0. The molecule has 0 aromatic carbocycles. The second-order valence-electron chi connectivity index (χ2n) is 4.53. The van der Waals surface area contributed by atoms with Crippen LogP contribution < -0.4 is 0 Å². The maximum Gasteiger partial charge on any atom is 0.124 e. The molecule has 0 amide bonds. The SMILES string of the molecule is CC1CCCN(CCc2ncc(C#N)s2)C1. The highest BCUT2D eigenvalue weighted by molar-refractivity contribution is 7.12. The standard InChI is InChI=1S/C12H17N3S/c1-10-3-2-5-15(9-10)6-4-12-14-8-11(7-13)16-12/h8,10H,2-6,9H2,1H3. The summed E-state index contributed by atoms with van der Waals surface area (Å²) in [5, 5.41) is 9.80. The molecule has 3 nitrogen and oxygen atoms in total. The Bertz CT molecular complexity index is 380. The van der Waals surface area contributed by atoms with Crippen LogP contribution >= 0.6 is 11.3 Å². The molecule has 0 N–H and O–H groups in total. The van der Waals surface area contributed by atoms with Crippen LogP contribution in [0, 0.1) is 17.2 Å². The molecule has 1 aromatic rings. The number of thiazole rings is 1. The van der Waals surface area contributed by atoms with Gasteiger partial charge in [0.2, 0.25) is 0 Å². The van der Waals surface area contributed by atoms with E-state index < -0.39 is 0 Å². The van der Waals surface area contributed by atoms with Gasteiger partial charge < -0.3 is 4.90 Å². The van der Waals surface area contributed by atoms with Crippen molar-refractivity contribution >= 4 is 11.3 Å². The third kappa shape index (κ3) is 3.03. The second-order valence-corrected chi connectivity index (χ2v) is 5.64. The molecule has 1 aliphatic rings. The molecule has 86 valence electrons. The van der Waals surface area contributed by atoms with Gasteiger partial charge in [-0.2, -0.15) is 5.26 Å². The largest absolute Gasteiger partial charge is 0.303 e. The monoisotopic (exact) mass is 235 g/mol. The Balaban J connectivity index is 1.80. The average Bonchev–Trinajstić information content (AvgIpc) is 2.74. The molecule has 2 rings (SSSR count). The highest BCUT2D eigenvalue weighted by Crippen LogP contribution is 2.17. The van der Waals surface area contributed by atoms with Gasteiger partial charge >= 0.3 is 0 Å². The lowest BCUT2D eigenvalue weighted by molar-refractivity contribution is 0.186. The van der Waals surface area contributed by atoms with Crippen molar-refractivity contribution in [1.82, 2.24) is 9.88 Å². The van der Waals surface area contributed by atoms with Crippen LogP contribution in [0.1, 0.15) is 29.7 Å². The summed E-state index contributed by atoms with van der Waals surface area (Å²) in [6.45, 7) is 5.85. The molecule has 2 heterocycles. The van der Waals surface area contributed by atoms with E-state index >= 15 is 0 Å². The lowest BCUT2D eigenvalue weighted by Crippen LogP contribution is -2.35. The van der Waals surface area contributed by atoms with Crippen molar-refractivity contribution in [2.24, 2.45) is 5.92 Å². The van der Waals surface area contributed by atoms with Crippen LogP contribution in [0.3, 0.4) is 0 Å². The molecule has 1 fully saturated rings. The fourth-order valence-corrected chi connectivity index (χ4v) is 2.92. The summed E-state index contributed by atoms with van der Waals surface area (Å²) in [7, 11) is 0. The van der Waals surface area contributed by atoms with Gasteiger partial charge in [0.1, 0.15) is 10.9 Å². The molecule has 0 radical (unpaired) electrons. The second kappa shape index (κ2) is 5.42. The van der Waals surface area contributed by atoms with E-state index in [-0.39, 0.29) is 0 Å². The van der Waals surface area contributed by atoms with Crippen LogP contribution in [-0.2, 0) is 6.42 Å². The minimum absolute atomic E-state index is 0.724. The smallest absolute Gasteiger partial charge is 0.124 e. The maximum atomic E-state index is 8.71. The summed E-state index contributed by atoms with van der Waals surface area (Å²) in [6, 6.07) is 2.13. The molecule has 16 heavy (non-hydrogen) atoms. The molecule has 0 bridgehead atoms. The predicted molar refractivity (Wildman–Crippen MR) is 65.4 cm³/mol. The lowest BCUT2D eigenvalue weighted by atomic mass is 10.0. The van der Waals surface area contributed by atoms with E-state index in [0.29, 0.717) is 0 Å². The van der Waals surface area contributed by atoms with E-state index in [4.69, 9.17) is 5.26 Å². The van der Waals surface area contributed by atoms with E-state index in [1.165, 1.54) is 37.3 Å². The number of rotatable bonds is 3. The van der Waals surface area contributed by atoms with Crippen LogP contribution in [0.2, 0.25) is 0 Å². The molecule has 1 aliphatic heterocycles. The molecule has 4 heteroatoms. The molecule has 0 aliphatic carbocycles. The van der Waals surface area contributed by atoms with E-state index in [9.17, 15) is 0 Å². The zero-order valence-electron chi connectivity index (χ0n) is 9.65. The van der Waals surface area contributed by atoms with Crippen LogP contribution in [-0.4, -0.2) is 29.5 Å². The molecule has 0 spiro atoms. The van der Waals surface area contributed by atoms with Crippen molar-refractivity contribution in [3.63, 3.8) is 0 Å². The molecule has 1 unspecified atom stereocenters. The van der Waals surface area contributed by atoms with Crippen molar-refractivity contribution in [1.29, 1.82) is 5.26 Å². The van der Waals surface area contributed by atoms with Gasteiger partial charge in [0, 0.05) is 19.5 Å². The molecular formula is C12H17N3S. The summed E-state index contributed by atoms with van der Waals surface area (Å²) in [4.78, 5) is 7.50. The van der Waals surface area contributed by atoms with Crippen molar-refractivity contribution in [2.75, 3.05) is 19.6 Å². The summed E-state index contributed by atoms with van der Waals surface area (Å²) in [6.07, 6.45) is 5.35. The Morgan fingerprint density at radius 1 is 1.69 bits per heavy atom. The van der Waals surface area contributed by atoms with Gasteiger partial charge in [0.05, 0.1) is 11.2 Å². The van der Waals surface area contributed by atoms with Gasteiger partial charge in [0.15, 0.2) is 0 Å². The first-order chi connectivity index (χ1) is 7.78. The third-order valence-corrected chi connectivity index (χ3v) is 4.01. The van der Waals surface area contributed by atoms with Crippen molar-refractivity contribution in [3.8, 4) is 6.07 Å². The first-order valence-corrected chi connectivity index (χ1v) is 6.66. The van der Waals surface area contributed by atoms with Crippen molar-refractivity contribution in [3.05, 3.63) is 16.1 Å². The Kier molecular flexibility index (Phi) is 3.92. The number of nitrogens with zero attached hydrogens (tertiary/aromatic N) is 3. The van der Waals surface area contributed by atoms with Gasteiger partial charge in [-0.15, -0.1) is 11.3 Å². The van der Waals surface area contributed by atoms with Crippen molar-refractivity contribution < 1.29 is 0 Å². The Labute approximate surface area is 101 Å².